The van der Waals surface area contributed by atoms with Crippen molar-refractivity contribution >= 4 is 66.6 Å². The second kappa shape index (κ2) is 19.8. The van der Waals surface area contributed by atoms with Gasteiger partial charge in [-0.1, -0.05) is 103 Å². The number of aromatic nitrogens is 3. The van der Waals surface area contributed by atoms with Gasteiger partial charge < -0.3 is 24.8 Å². The van der Waals surface area contributed by atoms with Gasteiger partial charge in [-0.15, -0.1) is 0 Å². The summed E-state index contributed by atoms with van der Waals surface area (Å²) in [6, 6.07) is 49.3. The molecule has 2 aromatic heterocycles. The average molecular weight is 984 g/mol. The Morgan fingerprint density at radius 2 is 1.36 bits per heavy atom. The number of nitrogens with zero attached hydrogens (tertiary/aromatic N) is 4. The molecule has 7 aromatic carbocycles. The summed E-state index contributed by atoms with van der Waals surface area (Å²) >= 11 is 0. The Bertz CT molecular complexity index is 3700. The van der Waals surface area contributed by atoms with Crippen molar-refractivity contribution in [2.45, 2.75) is 33.2 Å². The normalized spacial score (nSPS) is 13.0. The van der Waals surface area contributed by atoms with Gasteiger partial charge in [0, 0.05) is 35.6 Å². The second-order valence-electron chi connectivity index (χ2n) is 17.2. The van der Waals surface area contributed by atoms with E-state index in [9.17, 15) is 22.8 Å². The van der Waals surface area contributed by atoms with Gasteiger partial charge in [-0.3, -0.25) is 18.7 Å². The second-order valence-corrected chi connectivity index (χ2v) is 18.8. The van der Waals surface area contributed by atoms with Crippen LogP contribution in [0.1, 0.15) is 27.8 Å². The Morgan fingerprint density at radius 1 is 0.708 bits per heavy atom. The fraction of sp³-hybridized carbons (Fsp3) is 0.127. The summed E-state index contributed by atoms with van der Waals surface area (Å²) in [5.74, 6) is -1.53. The van der Waals surface area contributed by atoms with Crippen LogP contribution in [0.5, 0.6) is 17.5 Å². The van der Waals surface area contributed by atoms with Crippen molar-refractivity contribution in [2.24, 2.45) is 7.05 Å². The number of halogens is 1. The zero-order valence-corrected chi connectivity index (χ0v) is 39.8. The lowest BCUT2D eigenvalue weighted by Gasteiger charge is -2.21. The molecule has 1 aliphatic rings. The summed E-state index contributed by atoms with van der Waals surface area (Å²) < 4.78 is 66.1. The highest BCUT2D eigenvalue weighted by atomic mass is 32.2. The standard InChI is InChI=1S/C55H46FN7O8S/c1-35-26-39(27-49(64)58-41-19-21-43-40(28-41)29-48(69-32-36-12-6-3-7-13-36)53(52(43)56)62-31-50(65)60-72(62,67)68)18-22-44(35)57-42-20-23-45-47(30-42)61(2)55(66)63(45)46-24-25-51(70-33-37-14-8-4-9-15-37)59-54(46)71-34-38-16-10-5-11-17-38/h3-26,28-30,57H,27,31-34H2,1-2H3,(H,58,64)(H,60,65). The van der Waals surface area contributed by atoms with Crippen molar-refractivity contribution in [2.75, 3.05) is 21.5 Å². The first-order valence-electron chi connectivity index (χ1n) is 22.9. The number of hydrogen-bond acceptors (Lipinski definition) is 10. The van der Waals surface area contributed by atoms with Gasteiger partial charge in [-0.2, -0.15) is 13.4 Å². The number of anilines is 4. The highest BCUT2D eigenvalue weighted by Gasteiger charge is 2.38. The molecule has 17 heteroatoms. The Morgan fingerprint density at radius 3 is 2.01 bits per heavy atom. The molecule has 10 rings (SSSR count). The van der Waals surface area contributed by atoms with E-state index in [2.05, 4.69) is 10.6 Å². The number of pyridine rings is 1. The lowest BCUT2D eigenvalue weighted by Crippen LogP contribution is -2.30. The van der Waals surface area contributed by atoms with Crippen LogP contribution in [0.25, 0.3) is 27.5 Å². The summed E-state index contributed by atoms with van der Waals surface area (Å²) in [7, 11) is -2.66. The third-order valence-corrected chi connectivity index (χ3v) is 13.5. The molecule has 1 saturated heterocycles. The number of imidazole rings is 1. The minimum absolute atomic E-state index is 0.00333. The maximum atomic E-state index is 16.3. The summed E-state index contributed by atoms with van der Waals surface area (Å²) in [5, 5.41) is 6.75. The van der Waals surface area contributed by atoms with Gasteiger partial charge in [-0.25, -0.2) is 18.2 Å². The molecule has 1 fully saturated rings. The van der Waals surface area contributed by atoms with E-state index in [1.54, 1.807) is 34.4 Å². The smallest absolute Gasteiger partial charge is 0.333 e. The molecule has 3 heterocycles. The van der Waals surface area contributed by atoms with Gasteiger partial charge >= 0.3 is 15.9 Å². The number of fused-ring (bicyclic) bond motifs is 2. The molecule has 362 valence electrons. The van der Waals surface area contributed by atoms with Gasteiger partial charge in [0.1, 0.15) is 43.5 Å². The number of amides is 2. The van der Waals surface area contributed by atoms with Crippen molar-refractivity contribution in [3.8, 4) is 23.2 Å². The number of rotatable bonds is 16. The number of nitrogens with one attached hydrogen (secondary N) is 3. The van der Waals surface area contributed by atoms with Gasteiger partial charge in [-0.05, 0) is 94.7 Å². The lowest BCUT2D eigenvalue weighted by molar-refractivity contribution is -0.117. The van der Waals surface area contributed by atoms with E-state index in [0.29, 0.717) is 44.6 Å². The van der Waals surface area contributed by atoms with Crippen LogP contribution in [0.2, 0.25) is 0 Å². The number of carbonyl (C=O) groups excluding carboxylic acids is 2. The van der Waals surface area contributed by atoms with Gasteiger partial charge in [0.2, 0.25) is 17.7 Å². The molecule has 3 N–H and O–H groups in total. The number of hydrogen-bond donors (Lipinski definition) is 3. The molecule has 0 spiro atoms. The van der Waals surface area contributed by atoms with Crippen LogP contribution in [0.15, 0.2) is 169 Å². The third-order valence-electron chi connectivity index (χ3n) is 12.1. The van der Waals surface area contributed by atoms with Crippen LogP contribution < -0.4 is 39.6 Å². The fourth-order valence-corrected chi connectivity index (χ4v) is 9.69. The van der Waals surface area contributed by atoms with E-state index in [1.807, 2.05) is 139 Å². The summed E-state index contributed by atoms with van der Waals surface area (Å²) in [5.41, 5.74) is 7.25. The first-order valence-corrected chi connectivity index (χ1v) is 24.3. The van der Waals surface area contributed by atoms with Crippen LogP contribution in [0.3, 0.4) is 0 Å². The van der Waals surface area contributed by atoms with E-state index in [-0.39, 0.29) is 48.2 Å². The van der Waals surface area contributed by atoms with E-state index in [1.165, 1.54) is 18.2 Å². The fourth-order valence-electron chi connectivity index (χ4n) is 8.53. The number of ether oxygens (including phenoxy) is 3. The van der Waals surface area contributed by atoms with Crippen LogP contribution in [0.4, 0.5) is 27.1 Å². The number of benzene rings is 7. The Kier molecular flexibility index (Phi) is 12.9. The molecule has 0 bridgehead atoms. The van der Waals surface area contributed by atoms with Crippen LogP contribution >= 0.6 is 0 Å². The monoisotopic (exact) mass is 983 g/mol. The first-order chi connectivity index (χ1) is 34.9. The van der Waals surface area contributed by atoms with Crippen molar-refractivity contribution in [3.63, 3.8) is 0 Å². The summed E-state index contributed by atoms with van der Waals surface area (Å²) in [6.07, 6.45) is 0.0271. The van der Waals surface area contributed by atoms with Gasteiger partial charge in [0.05, 0.1) is 17.5 Å². The number of aryl methyl sites for hydroxylation is 2. The highest BCUT2D eigenvalue weighted by molar-refractivity contribution is 7.92. The molecule has 9 aromatic rings. The Labute approximate surface area is 413 Å². The maximum Gasteiger partial charge on any atom is 0.333 e. The zero-order chi connectivity index (χ0) is 49.9. The summed E-state index contributed by atoms with van der Waals surface area (Å²) in [6.45, 7) is 1.84. The maximum absolute atomic E-state index is 16.3. The Balaban J connectivity index is 0.850. The largest absolute Gasteiger partial charge is 0.487 e. The lowest BCUT2D eigenvalue weighted by atomic mass is 10.1. The molecule has 0 aliphatic carbocycles. The van der Waals surface area contributed by atoms with E-state index in [4.69, 9.17) is 19.2 Å². The first kappa shape index (κ1) is 46.8. The highest BCUT2D eigenvalue weighted by Crippen LogP contribution is 2.40. The minimum atomic E-state index is -4.37. The zero-order valence-electron chi connectivity index (χ0n) is 39.0. The van der Waals surface area contributed by atoms with Crippen LogP contribution in [-0.4, -0.2) is 40.9 Å². The average Bonchev–Trinajstić information content (AvgIpc) is 3.80. The third kappa shape index (κ3) is 9.91. The van der Waals surface area contributed by atoms with Crippen molar-refractivity contribution in [3.05, 3.63) is 208 Å². The molecule has 15 nitrogen and oxygen atoms in total. The van der Waals surface area contributed by atoms with Crippen molar-refractivity contribution in [1.82, 2.24) is 18.8 Å². The molecule has 0 radical (unpaired) electrons. The molecule has 0 unspecified atom stereocenters. The van der Waals surface area contributed by atoms with Crippen LogP contribution in [-0.2, 0) is 53.1 Å². The van der Waals surface area contributed by atoms with Crippen molar-refractivity contribution < 1.29 is 36.6 Å². The minimum Gasteiger partial charge on any atom is -0.487 e. The quantitative estimate of drug-likeness (QED) is 0.0847. The topological polar surface area (TPSA) is 175 Å². The molecule has 72 heavy (non-hydrogen) atoms. The van der Waals surface area contributed by atoms with Crippen molar-refractivity contribution in [1.29, 1.82) is 0 Å². The SMILES string of the molecule is Cc1cc(CC(=O)Nc2ccc3c(F)c(N4CC(=O)NS4(=O)=O)c(OCc4ccccc4)cc3c2)ccc1Nc1ccc2c(c1)n(C)c(=O)n2-c1ccc(OCc2ccccc2)nc1OCc1ccccc1. The van der Waals surface area contributed by atoms with E-state index >= 15 is 4.39 Å². The summed E-state index contributed by atoms with van der Waals surface area (Å²) in [4.78, 5) is 44.3. The molecule has 1 aliphatic heterocycles. The predicted molar refractivity (Wildman–Crippen MR) is 274 cm³/mol. The number of carbonyl (C=O) groups is 2. The van der Waals surface area contributed by atoms with E-state index in [0.717, 1.165) is 39.2 Å². The molecule has 0 saturated carbocycles. The molecular weight excluding hydrogens is 938 g/mol. The molecule has 0 atom stereocenters. The molecular formula is C55H46FN7O8S. The van der Waals surface area contributed by atoms with Crippen LogP contribution in [0, 0.1) is 12.7 Å². The van der Waals surface area contributed by atoms with E-state index < -0.39 is 34.2 Å². The van der Waals surface area contributed by atoms with Gasteiger partial charge in [0.15, 0.2) is 5.82 Å². The predicted octanol–water partition coefficient (Wildman–Crippen LogP) is 9.17. The Hall–Kier alpha value is -8.96. The molecule has 2 amide bonds. The van der Waals surface area contributed by atoms with Gasteiger partial charge in [0.25, 0.3) is 5.91 Å².